The number of nitrogens with one attached hydrogen (secondary N) is 2. The molecule has 0 bridgehead atoms. The molecule has 178 valence electrons. The monoisotopic (exact) mass is 558 g/mol. The third-order valence-electron chi connectivity index (χ3n) is 6.09. The Labute approximate surface area is 201 Å². The van der Waals surface area contributed by atoms with Gasteiger partial charge >= 0.3 is 0 Å². The van der Waals surface area contributed by atoms with Gasteiger partial charge in [-0.3, -0.25) is 9.89 Å². The van der Waals surface area contributed by atoms with Gasteiger partial charge < -0.3 is 15.4 Å². The number of aliphatic imine (C=N–C) groups is 1. The molecule has 2 aliphatic rings. The van der Waals surface area contributed by atoms with Crippen LogP contribution < -0.4 is 10.6 Å². The van der Waals surface area contributed by atoms with Gasteiger partial charge in [0.1, 0.15) is 0 Å². The van der Waals surface area contributed by atoms with Crippen molar-refractivity contribution in [2.45, 2.75) is 64.5 Å². The van der Waals surface area contributed by atoms with Crippen LogP contribution in [-0.2, 0) is 14.6 Å². The SMILES string of the molecule is CCNC(=NCC1(CN2CCOCC2)CCCCC1)NCCS(=O)(=O)C(C)(C)C.I. The van der Waals surface area contributed by atoms with E-state index in [1.807, 2.05) is 6.92 Å². The van der Waals surface area contributed by atoms with Crippen LogP contribution in [0.25, 0.3) is 0 Å². The van der Waals surface area contributed by atoms with Crippen LogP contribution in [0.5, 0.6) is 0 Å². The summed E-state index contributed by atoms with van der Waals surface area (Å²) in [6.45, 7) is 14.0. The molecule has 0 unspecified atom stereocenters. The van der Waals surface area contributed by atoms with Gasteiger partial charge in [0.15, 0.2) is 15.8 Å². The van der Waals surface area contributed by atoms with E-state index >= 15 is 0 Å². The van der Waals surface area contributed by atoms with Crippen LogP contribution in [0.3, 0.4) is 0 Å². The van der Waals surface area contributed by atoms with Crippen LogP contribution in [0.1, 0.15) is 59.8 Å². The third-order valence-corrected chi connectivity index (χ3v) is 8.70. The van der Waals surface area contributed by atoms with Crippen molar-refractivity contribution in [3.05, 3.63) is 0 Å². The minimum atomic E-state index is -3.14. The van der Waals surface area contributed by atoms with Crippen molar-refractivity contribution in [1.29, 1.82) is 0 Å². The molecule has 0 aromatic rings. The van der Waals surface area contributed by atoms with Gasteiger partial charge in [-0.25, -0.2) is 8.42 Å². The number of hydrogen-bond acceptors (Lipinski definition) is 5. The van der Waals surface area contributed by atoms with Crippen molar-refractivity contribution in [3.63, 3.8) is 0 Å². The minimum absolute atomic E-state index is 0. The Balaban J connectivity index is 0.00000450. The lowest BCUT2D eigenvalue weighted by atomic mass is 9.73. The maximum atomic E-state index is 12.4. The van der Waals surface area contributed by atoms with Gasteiger partial charge in [0.2, 0.25) is 0 Å². The summed E-state index contributed by atoms with van der Waals surface area (Å²) in [5.41, 5.74) is 0.218. The Kier molecular flexibility index (Phi) is 11.9. The van der Waals surface area contributed by atoms with Gasteiger partial charge in [0.25, 0.3) is 0 Å². The largest absolute Gasteiger partial charge is 0.379 e. The molecule has 0 aromatic heterocycles. The second-order valence-electron chi connectivity index (χ2n) is 9.50. The molecular formula is C21H43IN4O3S. The van der Waals surface area contributed by atoms with Crippen LogP contribution in [0, 0.1) is 5.41 Å². The molecule has 7 nitrogen and oxygen atoms in total. The fraction of sp³-hybridized carbons (Fsp3) is 0.952. The second-order valence-corrected chi connectivity index (χ2v) is 12.4. The summed E-state index contributed by atoms with van der Waals surface area (Å²) in [6, 6.07) is 0. The van der Waals surface area contributed by atoms with Gasteiger partial charge in [-0.15, -0.1) is 24.0 Å². The summed E-state index contributed by atoms with van der Waals surface area (Å²) < 4.78 is 29.5. The summed E-state index contributed by atoms with van der Waals surface area (Å²) in [5.74, 6) is 0.836. The highest BCUT2D eigenvalue weighted by Gasteiger charge is 2.34. The number of halogens is 1. The van der Waals surface area contributed by atoms with Crippen LogP contribution >= 0.6 is 24.0 Å². The van der Waals surface area contributed by atoms with Crippen molar-refractivity contribution in [2.24, 2.45) is 10.4 Å². The van der Waals surface area contributed by atoms with E-state index in [9.17, 15) is 8.42 Å². The van der Waals surface area contributed by atoms with E-state index in [2.05, 4.69) is 15.5 Å². The first-order valence-electron chi connectivity index (χ1n) is 11.2. The maximum Gasteiger partial charge on any atom is 0.191 e. The third kappa shape index (κ3) is 8.78. The summed E-state index contributed by atoms with van der Waals surface area (Å²) in [5, 5.41) is 6.51. The normalized spacial score (nSPS) is 21.0. The number of guanidine groups is 1. The topological polar surface area (TPSA) is 83.0 Å². The zero-order valence-electron chi connectivity index (χ0n) is 19.3. The van der Waals surface area contributed by atoms with E-state index in [0.717, 1.165) is 51.9 Å². The molecule has 2 N–H and O–H groups in total. The molecule has 2 rings (SSSR count). The van der Waals surface area contributed by atoms with Crippen LogP contribution in [0.15, 0.2) is 4.99 Å². The van der Waals surface area contributed by atoms with Crippen LogP contribution in [0.4, 0.5) is 0 Å². The number of morpholine rings is 1. The average Bonchev–Trinajstić information content (AvgIpc) is 2.67. The smallest absolute Gasteiger partial charge is 0.191 e. The molecule has 1 saturated heterocycles. The minimum Gasteiger partial charge on any atom is -0.379 e. The molecule has 0 amide bonds. The molecular weight excluding hydrogens is 515 g/mol. The number of sulfone groups is 1. The predicted octanol–water partition coefficient (Wildman–Crippen LogP) is 2.66. The van der Waals surface area contributed by atoms with Crippen LogP contribution in [0.2, 0.25) is 0 Å². The molecule has 1 aliphatic heterocycles. The molecule has 0 radical (unpaired) electrons. The van der Waals surface area contributed by atoms with Gasteiger partial charge in [0.05, 0.1) is 23.7 Å². The Morgan fingerprint density at radius 1 is 1.10 bits per heavy atom. The quantitative estimate of drug-likeness (QED) is 0.271. The van der Waals surface area contributed by atoms with Crippen molar-refractivity contribution in [3.8, 4) is 0 Å². The van der Waals surface area contributed by atoms with E-state index in [-0.39, 0.29) is 35.1 Å². The van der Waals surface area contributed by atoms with Crippen molar-refractivity contribution < 1.29 is 13.2 Å². The summed E-state index contributed by atoms with van der Waals surface area (Å²) in [7, 11) is -3.14. The Bertz CT molecular complexity index is 623. The van der Waals surface area contributed by atoms with Gasteiger partial charge in [0, 0.05) is 44.7 Å². The Morgan fingerprint density at radius 2 is 1.73 bits per heavy atom. The highest BCUT2D eigenvalue weighted by molar-refractivity contribution is 14.0. The molecule has 1 aliphatic carbocycles. The fourth-order valence-electron chi connectivity index (χ4n) is 4.10. The predicted molar refractivity (Wildman–Crippen MR) is 136 cm³/mol. The van der Waals surface area contributed by atoms with Crippen molar-refractivity contribution >= 4 is 39.8 Å². The lowest BCUT2D eigenvalue weighted by Crippen LogP contribution is -2.47. The van der Waals surface area contributed by atoms with Crippen molar-refractivity contribution in [2.75, 3.05) is 58.2 Å². The zero-order chi connectivity index (χ0) is 21.4. The second kappa shape index (κ2) is 12.8. The van der Waals surface area contributed by atoms with E-state index in [1.54, 1.807) is 20.8 Å². The molecule has 0 spiro atoms. The fourth-order valence-corrected chi connectivity index (χ4v) is 5.08. The van der Waals surface area contributed by atoms with E-state index < -0.39 is 14.6 Å². The molecule has 0 aromatic carbocycles. The number of nitrogens with zero attached hydrogens (tertiary/aromatic N) is 2. The van der Waals surface area contributed by atoms with Crippen molar-refractivity contribution in [1.82, 2.24) is 15.5 Å². The Morgan fingerprint density at radius 3 is 2.30 bits per heavy atom. The van der Waals surface area contributed by atoms with E-state index in [1.165, 1.54) is 32.1 Å². The molecule has 2 fully saturated rings. The first-order chi connectivity index (χ1) is 13.7. The number of hydrogen-bond donors (Lipinski definition) is 2. The van der Waals surface area contributed by atoms with Crippen LogP contribution in [-0.4, -0.2) is 82.3 Å². The Hall–Kier alpha value is -0.130. The molecule has 30 heavy (non-hydrogen) atoms. The molecule has 0 atom stereocenters. The van der Waals surface area contributed by atoms with E-state index in [0.29, 0.717) is 6.54 Å². The maximum absolute atomic E-state index is 12.4. The first-order valence-corrected chi connectivity index (χ1v) is 12.9. The number of rotatable bonds is 8. The zero-order valence-corrected chi connectivity index (χ0v) is 22.5. The van der Waals surface area contributed by atoms with E-state index in [4.69, 9.17) is 9.73 Å². The standard InChI is InChI=1S/C21H42N4O3S.HI/c1-5-22-19(23-11-16-29(26,27)20(2,3)4)24-17-21(9-7-6-8-10-21)18-25-12-14-28-15-13-25;/h5-18H2,1-4H3,(H2,22,23,24);1H. The summed E-state index contributed by atoms with van der Waals surface area (Å²) in [6.07, 6.45) is 6.29. The lowest BCUT2D eigenvalue weighted by molar-refractivity contribution is 0.00937. The van der Waals surface area contributed by atoms with Gasteiger partial charge in [-0.1, -0.05) is 19.3 Å². The average molecular weight is 559 g/mol. The molecule has 1 heterocycles. The molecule has 9 heteroatoms. The summed E-state index contributed by atoms with van der Waals surface area (Å²) in [4.78, 5) is 7.43. The number of ether oxygens (including phenoxy) is 1. The lowest BCUT2D eigenvalue weighted by Gasteiger charge is -2.41. The van der Waals surface area contributed by atoms with Gasteiger partial charge in [-0.2, -0.15) is 0 Å². The van der Waals surface area contributed by atoms with Gasteiger partial charge in [-0.05, 0) is 40.5 Å². The molecule has 1 saturated carbocycles. The summed E-state index contributed by atoms with van der Waals surface area (Å²) >= 11 is 0. The highest BCUT2D eigenvalue weighted by Crippen LogP contribution is 2.37. The highest BCUT2D eigenvalue weighted by atomic mass is 127. The first kappa shape index (κ1) is 27.9.